The van der Waals surface area contributed by atoms with Crippen molar-refractivity contribution in [2.45, 2.75) is 32.3 Å². The highest BCUT2D eigenvalue weighted by Gasteiger charge is 2.03. The zero-order valence-electron chi connectivity index (χ0n) is 12.8. The number of aliphatic hydroxyl groups excluding tert-OH is 1. The SMILES string of the molecule is C=CCCOCCNCC(O)COCCOCCCC. The van der Waals surface area contributed by atoms with E-state index in [9.17, 15) is 5.11 Å². The lowest BCUT2D eigenvalue weighted by molar-refractivity contribution is 0.00346. The van der Waals surface area contributed by atoms with Crippen LogP contribution in [0, 0.1) is 0 Å². The van der Waals surface area contributed by atoms with Crippen molar-refractivity contribution in [1.82, 2.24) is 5.32 Å². The van der Waals surface area contributed by atoms with Crippen LogP contribution < -0.4 is 5.32 Å². The third kappa shape index (κ3) is 15.6. The summed E-state index contributed by atoms with van der Waals surface area (Å²) < 4.78 is 16.0. The summed E-state index contributed by atoms with van der Waals surface area (Å²) in [6.45, 7) is 10.6. The third-order valence-electron chi connectivity index (χ3n) is 2.59. The molecule has 1 atom stereocenters. The number of rotatable bonds is 16. The predicted octanol–water partition coefficient (Wildman–Crippen LogP) is 1.36. The Hall–Kier alpha value is -0.460. The van der Waals surface area contributed by atoms with Crippen molar-refractivity contribution in [3.05, 3.63) is 12.7 Å². The van der Waals surface area contributed by atoms with Gasteiger partial charge in [-0.15, -0.1) is 6.58 Å². The molecule has 0 fully saturated rings. The Morgan fingerprint density at radius 2 is 1.85 bits per heavy atom. The van der Waals surface area contributed by atoms with Gasteiger partial charge in [0.15, 0.2) is 0 Å². The molecule has 0 radical (unpaired) electrons. The molecule has 0 aromatic carbocycles. The van der Waals surface area contributed by atoms with E-state index in [4.69, 9.17) is 14.2 Å². The molecular weight excluding hydrogens is 258 g/mol. The highest BCUT2D eigenvalue weighted by atomic mass is 16.5. The van der Waals surface area contributed by atoms with Crippen LogP contribution in [0.25, 0.3) is 0 Å². The monoisotopic (exact) mass is 289 g/mol. The molecule has 0 aromatic rings. The zero-order chi connectivity index (χ0) is 14.9. The molecule has 120 valence electrons. The van der Waals surface area contributed by atoms with Gasteiger partial charge in [-0.1, -0.05) is 19.4 Å². The van der Waals surface area contributed by atoms with Crippen molar-refractivity contribution < 1.29 is 19.3 Å². The Morgan fingerprint density at radius 3 is 2.60 bits per heavy atom. The summed E-state index contributed by atoms with van der Waals surface area (Å²) in [4.78, 5) is 0. The Labute approximate surface area is 123 Å². The lowest BCUT2D eigenvalue weighted by Crippen LogP contribution is -2.32. The van der Waals surface area contributed by atoms with Crippen LogP contribution in [0.15, 0.2) is 12.7 Å². The molecule has 0 rings (SSSR count). The summed E-state index contributed by atoms with van der Waals surface area (Å²) in [7, 11) is 0. The fourth-order valence-electron chi connectivity index (χ4n) is 1.43. The molecule has 0 spiro atoms. The summed E-state index contributed by atoms with van der Waals surface area (Å²) in [6, 6.07) is 0. The van der Waals surface area contributed by atoms with Crippen molar-refractivity contribution >= 4 is 0 Å². The maximum absolute atomic E-state index is 9.65. The molecule has 5 heteroatoms. The maximum atomic E-state index is 9.65. The van der Waals surface area contributed by atoms with Gasteiger partial charge in [-0.2, -0.15) is 0 Å². The Balaban J connectivity index is 3.12. The molecule has 0 aliphatic rings. The van der Waals surface area contributed by atoms with Crippen LogP contribution in [0.1, 0.15) is 26.2 Å². The lowest BCUT2D eigenvalue weighted by Gasteiger charge is -2.12. The van der Waals surface area contributed by atoms with E-state index in [2.05, 4.69) is 18.8 Å². The van der Waals surface area contributed by atoms with Gasteiger partial charge < -0.3 is 24.6 Å². The van der Waals surface area contributed by atoms with Crippen molar-refractivity contribution in [2.24, 2.45) is 0 Å². The first-order valence-electron chi connectivity index (χ1n) is 7.54. The number of ether oxygens (including phenoxy) is 3. The van der Waals surface area contributed by atoms with Gasteiger partial charge in [0.05, 0.1) is 39.1 Å². The summed E-state index contributed by atoms with van der Waals surface area (Å²) in [5, 5.41) is 12.8. The van der Waals surface area contributed by atoms with Crippen molar-refractivity contribution in [3.63, 3.8) is 0 Å². The first kappa shape index (κ1) is 19.5. The molecule has 1 unspecified atom stereocenters. The average Bonchev–Trinajstić information content (AvgIpc) is 2.45. The standard InChI is InChI=1S/C15H31NO4/c1-3-5-8-18-10-7-16-13-15(17)14-20-12-11-19-9-6-4-2/h3,15-17H,1,4-14H2,2H3. The number of nitrogens with one attached hydrogen (secondary N) is 1. The van der Waals surface area contributed by atoms with E-state index < -0.39 is 6.10 Å². The minimum atomic E-state index is -0.487. The largest absolute Gasteiger partial charge is 0.389 e. The summed E-state index contributed by atoms with van der Waals surface area (Å²) in [5.41, 5.74) is 0. The molecule has 0 heterocycles. The highest BCUT2D eigenvalue weighted by molar-refractivity contribution is 4.64. The average molecular weight is 289 g/mol. The molecule has 0 amide bonds. The third-order valence-corrected chi connectivity index (χ3v) is 2.59. The van der Waals surface area contributed by atoms with Crippen molar-refractivity contribution in [2.75, 3.05) is 52.7 Å². The second kappa shape index (κ2) is 16.6. The van der Waals surface area contributed by atoms with E-state index in [1.54, 1.807) is 0 Å². The van der Waals surface area contributed by atoms with E-state index in [0.29, 0.717) is 39.6 Å². The van der Waals surface area contributed by atoms with E-state index in [1.807, 2.05) is 6.08 Å². The normalized spacial score (nSPS) is 12.5. The summed E-state index contributed by atoms with van der Waals surface area (Å²) in [5.74, 6) is 0. The van der Waals surface area contributed by atoms with Gasteiger partial charge in [-0.05, 0) is 12.8 Å². The van der Waals surface area contributed by atoms with Gasteiger partial charge in [0.25, 0.3) is 0 Å². The molecule has 0 bridgehead atoms. The second-order valence-corrected chi connectivity index (χ2v) is 4.59. The van der Waals surface area contributed by atoms with Gasteiger partial charge >= 0.3 is 0 Å². The summed E-state index contributed by atoms with van der Waals surface area (Å²) in [6.07, 6.45) is 4.44. The minimum absolute atomic E-state index is 0.335. The van der Waals surface area contributed by atoms with E-state index in [0.717, 1.165) is 32.4 Å². The maximum Gasteiger partial charge on any atom is 0.0897 e. The second-order valence-electron chi connectivity index (χ2n) is 4.59. The van der Waals surface area contributed by atoms with Crippen LogP contribution in [0.5, 0.6) is 0 Å². The molecule has 0 saturated heterocycles. The lowest BCUT2D eigenvalue weighted by atomic mass is 10.4. The van der Waals surface area contributed by atoms with E-state index >= 15 is 0 Å². The van der Waals surface area contributed by atoms with Crippen molar-refractivity contribution in [3.8, 4) is 0 Å². The Morgan fingerprint density at radius 1 is 1.10 bits per heavy atom. The smallest absolute Gasteiger partial charge is 0.0897 e. The summed E-state index contributed by atoms with van der Waals surface area (Å²) >= 11 is 0. The number of aliphatic hydroxyl groups is 1. The van der Waals surface area contributed by atoms with Gasteiger partial charge in [-0.3, -0.25) is 0 Å². The fraction of sp³-hybridized carbons (Fsp3) is 0.867. The van der Waals surface area contributed by atoms with Crippen LogP contribution in [-0.4, -0.2) is 63.9 Å². The fourth-order valence-corrected chi connectivity index (χ4v) is 1.43. The van der Waals surface area contributed by atoms with Gasteiger partial charge in [0.2, 0.25) is 0 Å². The molecule has 0 aliphatic heterocycles. The topological polar surface area (TPSA) is 60.0 Å². The first-order chi connectivity index (χ1) is 9.81. The predicted molar refractivity (Wildman–Crippen MR) is 81.1 cm³/mol. The molecular formula is C15H31NO4. The molecule has 0 aromatic heterocycles. The van der Waals surface area contributed by atoms with E-state index in [1.165, 1.54) is 0 Å². The van der Waals surface area contributed by atoms with Crippen LogP contribution in [-0.2, 0) is 14.2 Å². The number of unbranched alkanes of at least 4 members (excludes halogenated alkanes) is 1. The van der Waals surface area contributed by atoms with E-state index in [-0.39, 0.29) is 0 Å². The minimum Gasteiger partial charge on any atom is -0.389 e. The molecule has 0 aliphatic carbocycles. The molecule has 2 N–H and O–H groups in total. The van der Waals surface area contributed by atoms with Crippen LogP contribution >= 0.6 is 0 Å². The Bertz CT molecular complexity index is 202. The number of hydrogen-bond donors (Lipinski definition) is 2. The van der Waals surface area contributed by atoms with Gasteiger partial charge in [-0.25, -0.2) is 0 Å². The molecule has 0 saturated carbocycles. The van der Waals surface area contributed by atoms with Gasteiger partial charge in [0, 0.05) is 19.7 Å². The van der Waals surface area contributed by atoms with Crippen molar-refractivity contribution in [1.29, 1.82) is 0 Å². The van der Waals surface area contributed by atoms with Crippen LogP contribution in [0.2, 0.25) is 0 Å². The molecule has 20 heavy (non-hydrogen) atoms. The van der Waals surface area contributed by atoms with Crippen LogP contribution in [0.3, 0.4) is 0 Å². The number of hydrogen-bond acceptors (Lipinski definition) is 5. The molecule has 5 nitrogen and oxygen atoms in total. The highest BCUT2D eigenvalue weighted by Crippen LogP contribution is 1.89. The Kier molecular flexibility index (Phi) is 16.2. The quantitative estimate of drug-likeness (QED) is 0.332. The zero-order valence-corrected chi connectivity index (χ0v) is 12.8. The first-order valence-corrected chi connectivity index (χ1v) is 7.54. The van der Waals surface area contributed by atoms with Gasteiger partial charge in [0.1, 0.15) is 0 Å². The van der Waals surface area contributed by atoms with Crippen LogP contribution in [0.4, 0.5) is 0 Å².